The second-order valence-corrected chi connectivity index (χ2v) is 9.39. The first kappa shape index (κ1) is 22.3. The van der Waals surface area contributed by atoms with E-state index in [0.717, 1.165) is 0 Å². The van der Waals surface area contributed by atoms with Crippen molar-refractivity contribution in [1.82, 2.24) is 20.0 Å². The Morgan fingerprint density at radius 3 is 2.46 bits per heavy atom. The summed E-state index contributed by atoms with van der Waals surface area (Å²) in [5, 5.41) is 34.8. The Morgan fingerprint density at radius 2 is 1.86 bits per heavy atom. The Balaban J connectivity index is 1.90. The first-order chi connectivity index (χ1) is 17.0. The van der Waals surface area contributed by atoms with Crippen LogP contribution in [-0.4, -0.2) is 26.5 Å². The molecule has 2 aromatic carbocycles. The van der Waals surface area contributed by atoms with Crippen LogP contribution in [0.1, 0.15) is 50.5 Å². The van der Waals surface area contributed by atoms with E-state index in [4.69, 9.17) is 0 Å². The number of aryl methyl sites for hydroxylation is 1. The van der Waals surface area contributed by atoms with E-state index in [1.807, 2.05) is 0 Å². The fourth-order valence-electron chi connectivity index (χ4n) is 3.60. The lowest BCUT2D eigenvalue weighted by Gasteiger charge is -2.22. The maximum Gasteiger partial charge on any atom is 0.123 e. The number of hydrogen-bond acceptors (Lipinski definition) is 7. The van der Waals surface area contributed by atoms with Gasteiger partial charge in [0, 0.05) is 30.9 Å². The van der Waals surface area contributed by atoms with E-state index in [0.29, 0.717) is 39.9 Å². The van der Waals surface area contributed by atoms with Crippen molar-refractivity contribution in [3.63, 3.8) is 0 Å². The summed E-state index contributed by atoms with van der Waals surface area (Å²) < 4.78 is 24.5. The number of rotatable bonds is 6. The summed E-state index contributed by atoms with van der Waals surface area (Å²) in [6, 6.07) is 11.6. The van der Waals surface area contributed by atoms with E-state index in [1.54, 1.807) is 25.4 Å². The van der Waals surface area contributed by atoms with Gasteiger partial charge in [-0.3, -0.25) is 9.67 Å². The van der Waals surface area contributed by atoms with Gasteiger partial charge in [0.15, 0.2) is 0 Å². The summed E-state index contributed by atoms with van der Waals surface area (Å²) in [6.45, 7) is 6.79. The van der Waals surface area contributed by atoms with Crippen molar-refractivity contribution in [2.45, 2.75) is 26.8 Å². The van der Waals surface area contributed by atoms with Crippen LogP contribution in [0.2, 0.25) is 0 Å². The zero-order chi connectivity index (χ0) is 26.1. The molecule has 2 aromatic heterocycles. The molecule has 0 unspecified atom stereocenters. The van der Waals surface area contributed by atoms with Gasteiger partial charge >= 0.3 is 0 Å². The molecule has 176 valence electrons. The molecule has 0 saturated carbocycles. The van der Waals surface area contributed by atoms with Crippen LogP contribution in [0.3, 0.4) is 0 Å². The zero-order valence-electron chi connectivity index (χ0n) is 20.9. The second kappa shape index (κ2) is 9.40. The van der Waals surface area contributed by atoms with Gasteiger partial charge in [0.05, 0.1) is 35.9 Å². The van der Waals surface area contributed by atoms with Crippen molar-refractivity contribution in [3.8, 4) is 12.1 Å². The number of halogens is 1. The predicted octanol–water partition coefficient (Wildman–Crippen LogP) is 4.91. The van der Waals surface area contributed by atoms with Gasteiger partial charge in [-0.05, 0) is 35.2 Å². The van der Waals surface area contributed by atoms with Crippen molar-refractivity contribution in [3.05, 3.63) is 77.0 Å². The molecule has 0 fully saturated rings. The van der Waals surface area contributed by atoms with Crippen LogP contribution in [0, 0.1) is 33.9 Å². The van der Waals surface area contributed by atoms with Crippen molar-refractivity contribution >= 4 is 22.3 Å². The minimum Gasteiger partial charge on any atom is -0.383 e. The largest absolute Gasteiger partial charge is 0.383 e. The quantitative estimate of drug-likeness (QED) is 0.412. The molecule has 0 aliphatic heterocycles. The number of fused-ring (bicyclic) bond motifs is 1. The van der Waals surface area contributed by atoms with Crippen LogP contribution in [0.5, 0.6) is 0 Å². The van der Waals surface area contributed by atoms with Crippen molar-refractivity contribution in [2.75, 3.05) is 17.2 Å². The van der Waals surface area contributed by atoms with E-state index in [-0.39, 0.29) is 16.7 Å². The van der Waals surface area contributed by atoms with Crippen LogP contribution < -0.4 is 10.6 Å². The van der Waals surface area contributed by atoms with Gasteiger partial charge in [0.25, 0.3) is 0 Å². The molecule has 8 nitrogen and oxygen atoms in total. The van der Waals surface area contributed by atoms with Gasteiger partial charge in [0.2, 0.25) is 0 Å². The molecule has 2 heterocycles. The van der Waals surface area contributed by atoms with E-state index in [2.05, 4.69) is 58.8 Å². The minimum atomic E-state index is -1.65. The Bertz CT molecular complexity index is 1510. The minimum absolute atomic E-state index is 0.0683. The molecule has 4 aromatic rings. The molecule has 1 atom stereocenters. The third-order valence-electron chi connectivity index (χ3n) is 5.27. The maximum absolute atomic E-state index is 13.7. The molecule has 35 heavy (non-hydrogen) atoms. The number of pyridine rings is 1. The number of nitriles is 2. The SMILES string of the molecule is [2H][C@](Nc1cc(C#N)c2ncc(C#N)c(NCC(C)(C)C)c2c1)(c1ccc(F)cc1)c1cn(C)nn1. The van der Waals surface area contributed by atoms with E-state index < -0.39 is 11.8 Å². The second-order valence-electron chi connectivity index (χ2n) is 9.39. The van der Waals surface area contributed by atoms with Crippen LogP contribution in [0.15, 0.2) is 48.8 Å². The lowest BCUT2D eigenvalue weighted by atomic mass is 9.96. The summed E-state index contributed by atoms with van der Waals surface area (Å²) in [5.74, 6) is -0.428. The van der Waals surface area contributed by atoms with Crippen molar-refractivity contribution < 1.29 is 5.76 Å². The lowest BCUT2D eigenvalue weighted by molar-refractivity contribution is 0.443. The smallest absolute Gasteiger partial charge is 0.123 e. The number of anilines is 2. The monoisotopic (exact) mass is 469 g/mol. The molecule has 0 aliphatic carbocycles. The molecule has 0 bridgehead atoms. The molecular formula is C26H25FN8. The highest BCUT2D eigenvalue weighted by atomic mass is 19.1. The third kappa shape index (κ3) is 5.20. The summed E-state index contributed by atoms with van der Waals surface area (Å²) in [6.07, 6.45) is 3.05. The summed E-state index contributed by atoms with van der Waals surface area (Å²) in [4.78, 5) is 4.37. The molecule has 9 heteroatoms. The van der Waals surface area contributed by atoms with Crippen LogP contribution in [-0.2, 0) is 7.05 Å². The number of nitrogens with one attached hydrogen (secondary N) is 2. The van der Waals surface area contributed by atoms with Gasteiger partial charge in [-0.2, -0.15) is 10.5 Å². The van der Waals surface area contributed by atoms with Gasteiger partial charge in [-0.15, -0.1) is 5.10 Å². The molecule has 0 radical (unpaired) electrons. The lowest BCUT2D eigenvalue weighted by Crippen LogP contribution is -2.20. The summed E-state index contributed by atoms with van der Waals surface area (Å²) >= 11 is 0. The number of benzene rings is 2. The van der Waals surface area contributed by atoms with Crippen molar-refractivity contribution in [2.24, 2.45) is 12.5 Å². The van der Waals surface area contributed by atoms with Crippen LogP contribution >= 0.6 is 0 Å². The Morgan fingerprint density at radius 1 is 1.14 bits per heavy atom. The standard InChI is InChI=1S/C26H25FN8/c1-26(2,3)15-31-24-18(12-29)13-30-23-17(11-28)9-20(10-21(23)24)32-25(22-14-35(4)34-33-22)16-5-7-19(27)8-6-16/h5-10,13-14,25,32H,15H2,1-4H3,(H,30,31)/t25-/m0/s1/i25D. The number of hydrogen-bond donors (Lipinski definition) is 2. The number of nitrogens with zero attached hydrogens (tertiary/aromatic N) is 6. The highest BCUT2D eigenvalue weighted by molar-refractivity contribution is 5.99. The first-order valence-corrected chi connectivity index (χ1v) is 11.0. The fraction of sp³-hybridized carbons (Fsp3) is 0.269. The molecule has 2 N–H and O–H groups in total. The molecule has 0 aliphatic rings. The Kier molecular flexibility index (Phi) is 5.99. The van der Waals surface area contributed by atoms with Crippen LogP contribution in [0.25, 0.3) is 10.9 Å². The molecule has 0 saturated heterocycles. The zero-order valence-corrected chi connectivity index (χ0v) is 19.9. The van der Waals surface area contributed by atoms with E-state index in [1.165, 1.54) is 35.1 Å². The Labute approximate surface area is 204 Å². The molecule has 0 amide bonds. The highest BCUT2D eigenvalue weighted by Gasteiger charge is 2.21. The topological polar surface area (TPSA) is 115 Å². The van der Waals surface area contributed by atoms with Gasteiger partial charge < -0.3 is 10.6 Å². The van der Waals surface area contributed by atoms with Gasteiger partial charge in [0.1, 0.15) is 23.6 Å². The van der Waals surface area contributed by atoms with Crippen LogP contribution in [0.4, 0.5) is 15.8 Å². The fourth-order valence-corrected chi connectivity index (χ4v) is 3.60. The average Bonchev–Trinajstić information content (AvgIpc) is 3.28. The Hall–Kier alpha value is -4.50. The third-order valence-corrected chi connectivity index (χ3v) is 5.27. The normalized spacial score (nSPS) is 13.4. The van der Waals surface area contributed by atoms with E-state index >= 15 is 0 Å². The molecule has 4 rings (SSSR count). The van der Waals surface area contributed by atoms with Gasteiger partial charge in [-0.25, -0.2) is 4.39 Å². The predicted molar refractivity (Wildman–Crippen MR) is 132 cm³/mol. The molecular weight excluding hydrogens is 443 g/mol. The van der Waals surface area contributed by atoms with Crippen molar-refractivity contribution in [1.29, 1.82) is 10.5 Å². The summed E-state index contributed by atoms with van der Waals surface area (Å²) in [7, 11) is 1.69. The maximum atomic E-state index is 13.7. The number of aromatic nitrogens is 4. The first-order valence-electron chi connectivity index (χ1n) is 11.5. The molecule has 0 spiro atoms. The van der Waals surface area contributed by atoms with E-state index in [9.17, 15) is 16.3 Å². The van der Waals surface area contributed by atoms with Gasteiger partial charge in [-0.1, -0.05) is 38.1 Å². The highest BCUT2D eigenvalue weighted by Crippen LogP contribution is 2.34. The summed E-state index contributed by atoms with van der Waals surface area (Å²) in [5.41, 5.74) is 2.70. The average molecular weight is 470 g/mol.